The summed E-state index contributed by atoms with van der Waals surface area (Å²) in [5.41, 5.74) is 2.75. The predicted octanol–water partition coefficient (Wildman–Crippen LogP) is 3.32. The van der Waals surface area contributed by atoms with Crippen LogP contribution in [0.4, 0.5) is 5.69 Å². The maximum Gasteiger partial charge on any atom is 0.253 e. The Kier molecular flexibility index (Phi) is 5.81. The summed E-state index contributed by atoms with van der Waals surface area (Å²) in [6.45, 7) is 4.97. The molecule has 156 valence electrons. The van der Waals surface area contributed by atoms with E-state index in [2.05, 4.69) is 22.0 Å². The Morgan fingerprint density at radius 1 is 1.00 bits per heavy atom. The van der Waals surface area contributed by atoms with E-state index in [4.69, 9.17) is 4.52 Å². The molecule has 2 heterocycles. The fourth-order valence-electron chi connectivity index (χ4n) is 3.66. The second kappa shape index (κ2) is 8.67. The molecule has 1 atom stereocenters. The van der Waals surface area contributed by atoms with E-state index in [0.29, 0.717) is 24.8 Å². The molecule has 2 aromatic carbocycles. The first-order valence-corrected chi connectivity index (χ1v) is 10.2. The smallest absolute Gasteiger partial charge is 0.253 e. The third-order valence-corrected chi connectivity index (χ3v) is 5.61. The van der Waals surface area contributed by atoms with Crippen LogP contribution in [0.15, 0.2) is 59.1 Å². The summed E-state index contributed by atoms with van der Waals surface area (Å²) in [4.78, 5) is 23.6. The summed E-state index contributed by atoms with van der Waals surface area (Å²) in [5, 5.41) is 4.12. The number of hydrogen-bond donors (Lipinski definition) is 0. The number of benzene rings is 2. The molecule has 1 aliphatic heterocycles. The first kappa shape index (κ1) is 20.1. The Balaban J connectivity index is 1.36. The molecule has 0 spiro atoms. The zero-order valence-corrected chi connectivity index (χ0v) is 17.7. The van der Waals surface area contributed by atoms with Gasteiger partial charge in [-0.25, -0.2) is 0 Å². The van der Waals surface area contributed by atoms with Gasteiger partial charge < -0.3 is 14.3 Å². The number of carbonyl (C=O) groups is 1. The van der Waals surface area contributed by atoms with Crippen LogP contribution in [0.2, 0.25) is 0 Å². The lowest BCUT2D eigenvalue weighted by atomic mass is 10.1. The van der Waals surface area contributed by atoms with E-state index >= 15 is 0 Å². The van der Waals surface area contributed by atoms with E-state index in [-0.39, 0.29) is 11.9 Å². The summed E-state index contributed by atoms with van der Waals surface area (Å²) in [5.74, 6) is 1.29. The minimum Gasteiger partial charge on any atom is -0.378 e. The second-order valence-electron chi connectivity index (χ2n) is 7.77. The van der Waals surface area contributed by atoms with Crippen LogP contribution >= 0.6 is 0 Å². The molecule has 30 heavy (non-hydrogen) atoms. The first-order chi connectivity index (χ1) is 14.5. The molecule has 7 heteroatoms. The van der Waals surface area contributed by atoms with Gasteiger partial charge in [0, 0.05) is 57.1 Å². The van der Waals surface area contributed by atoms with Crippen molar-refractivity contribution in [1.29, 1.82) is 0 Å². The van der Waals surface area contributed by atoms with Crippen LogP contribution in [0, 0.1) is 0 Å². The predicted molar refractivity (Wildman–Crippen MR) is 116 cm³/mol. The maximum atomic E-state index is 12.8. The zero-order chi connectivity index (χ0) is 21.1. The average Bonchev–Trinajstić information content (AvgIpc) is 3.29. The third-order valence-electron chi connectivity index (χ3n) is 5.61. The third kappa shape index (κ3) is 4.21. The highest BCUT2D eigenvalue weighted by molar-refractivity contribution is 5.94. The lowest BCUT2D eigenvalue weighted by Gasteiger charge is -2.36. The van der Waals surface area contributed by atoms with Gasteiger partial charge in [-0.15, -0.1) is 0 Å². The van der Waals surface area contributed by atoms with Crippen molar-refractivity contribution in [2.75, 3.05) is 45.2 Å². The van der Waals surface area contributed by atoms with E-state index in [1.54, 1.807) is 0 Å². The highest BCUT2D eigenvalue weighted by atomic mass is 16.5. The van der Waals surface area contributed by atoms with E-state index in [1.165, 1.54) is 0 Å². The summed E-state index contributed by atoms with van der Waals surface area (Å²) in [6, 6.07) is 17.6. The Morgan fingerprint density at radius 3 is 2.30 bits per heavy atom. The quantitative estimate of drug-likeness (QED) is 0.649. The van der Waals surface area contributed by atoms with Gasteiger partial charge in [0.1, 0.15) is 0 Å². The monoisotopic (exact) mass is 405 g/mol. The fourth-order valence-corrected chi connectivity index (χ4v) is 3.66. The van der Waals surface area contributed by atoms with Crippen LogP contribution in [0.1, 0.15) is 29.2 Å². The SMILES string of the molecule is CC(c1nc(-c2ccccc2)no1)N1CCN(C(=O)c2ccc(N(C)C)cc2)CC1. The van der Waals surface area contributed by atoms with Crippen LogP contribution in [0.5, 0.6) is 0 Å². The molecule has 3 aromatic rings. The summed E-state index contributed by atoms with van der Waals surface area (Å²) < 4.78 is 5.52. The largest absolute Gasteiger partial charge is 0.378 e. The molecule has 1 saturated heterocycles. The van der Waals surface area contributed by atoms with Gasteiger partial charge in [0.15, 0.2) is 0 Å². The van der Waals surface area contributed by atoms with Crippen molar-refractivity contribution >= 4 is 11.6 Å². The summed E-state index contributed by atoms with van der Waals surface area (Å²) >= 11 is 0. The number of amides is 1. The molecule has 0 saturated carbocycles. The van der Waals surface area contributed by atoms with Crippen LogP contribution in [-0.2, 0) is 0 Å². The van der Waals surface area contributed by atoms with Gasteiger partial charge in [-0.2, -0.15) is 4.98 Å². The van der Waals surface area contributed by atoms with Gasteiger partial charge in [-0.05, 0) is 31.2 Å². The summed E-state index contributed by atoms with van der Waals surface area (Å²) in [7, 11) is 3.98. The van der Waals surface area contributed by atoms with Crippen molar-refractivity contribution in [2.24, 2.45) is 0 Å². The Bertz CT molecular complexity index is 976. The Labute approximate surface area is 176 Å². The topological polar surface area (TPSA) is 65.7 Å². The molecule has 0 N–H and O–H groups in total. The van der Waals surface area contributed by atoms with E-state index in [1.807, 2.05) is 78.5 Å². The van der Waals surface area contributed by atoms with Crippen molar-refractivity contribution in [3.05, 3.63) is 66.1 Å². The second-order valence-corrected chi connectivity index (χ2v) is 7.77. The number of aromatic nitrogens is 2. The normalized spacial score (nSPS) is 15.8. The van der Waals surface area contributed by atoms with Crippen molar-refractivity contribution in [3.63, 3.8) is 0 Å². The molecule has 7 nitrogen and oxygen atoms in total. The Morgan fingerprint density at radius 2 is 1.67 bits per heavy atom. The number of hydrogen-bond acceptors (Lipinski definition) is 6. The minimum atomic E-state index is 0.00610. The molecule has 1 aromatic heterocycles. The number of piperazine rings is 1. The lowest BCUT2D eigenvalue weighted by Crippen LogP contribution is -2.49. The van der Waals surface area contributed by atoms with Crippen molar-refractivity contribution in [1.82, 2.24) is 19.9 Å². The van der Waals surface area contributed by atoms with E-state index in [9.17, 15) is 4.79 Å². The van der Waals surface area contributed by atoms with Crippen LogP contribution in [-0.4, -0.2) is 66.1 Å². The number of nitrogens with zero attached hydrogens (tertiary/aromatic N) is 5. The highest BCUT2D eigenvalue weighted by Crippen LogP contribution is 2.24. The minimum absolute atomic E-state index is 0.00610. The molecule has 1 fully saturated rings. The van der Waals surface area contributed by atoms with E-state index in [0.717, 1.165) is 29.9 Å². The molecule has 0 bridgehead atoms. The van der Waals surface area contributed by atoms with Crippen molar-refractivity contribution in [2.45, 2.75) is 13.0 Å². The summed E-state index contributed by atoms with van der Waals surface area (Å²) in [6.07, 6.45) is 0. The van der Waals surface area contributed by atoms with Gasteiger partial charge in [-0.3, -0.25) is 9.69 Å². The van der Waals surface area contributed by atoms with Gasteiger partial charge in [0.2, 0.25) is 11.7 Å². The molecule has 0 radical (unpaired) electrons. The molecule has 1 aliphatic rings. The van der Waals surface area contributed by atoms with Gasteiger partial charge >= 0.3 is 0 Å². The molecule has 1 amide bonds. The molecule has 4 rings (SSSR count). The zero-order valence-electron chi connectivity index (χ0n) is 17.7. The van der Waals surface area contributed by atoms with Crippen LogP contribution in [0.25, 0.3) is 11.4 Å². The number of rotatable bonds is 5. The molecular formula is C23H27N5O2. The molecular weight excluding hydrogens is 378 g/mol. The fraction of sp³-hybridized carbons (Fsp3) is 0.348. The number of anilines is 1. The molecule has 0 aliphatic carbocycles. The van der Waals surface area contributed by atoms with Crippen LogP contribution < -0.4 is 4.90 Å². The van der Waals surface area contributed by atoms with Gasteiger partial charge in [-0.1, -0.05) is 35.5 Å². The average molecular weight is 406 g/mol. The van der Waals surface area contributed by atoms with Crippen molar-refractivity contribution < 1.29 is 9.32 Å². The van der Waals surface area contributed by atoms with E-state index < -0.39 is 0 Å². The Hall–Kier alpha value is -3.19. The first-order valence-electron chi connectivity index (χ1n) is 10.2. The number of carbonyl (C=O) groups excluding carboxylic acids is 1. The standard InChI is InChI=1S/C23H27N5O2/c1-17(22-24-21(25-30-22)18-7-5-4-6-8-18)27-13-15-28(16-14-27)23(29)19-9-11-20(12-10-19)26(2)3/h4-12,17H,13-16H2,1-3H3. The van der Waals surface area contributed by atoms with Crippen LogP contribution in [0.3, 0.4) is 0 Å². The van der Waals surface area contributed by atoms with Gasteiger partial charge in [0.25, 0.3) is 5.91 Å². The maximum absolute atomic E-state index is 12.8. The van der Waals surface area contributed by atoms with Gasteiger partial charge in [0.05, 0.1) is 6.04 Å². The molecule has 1 unspecified atom stereocenters. The highest BCUT2D eigenvalue weighted by Gasteiger charge is 2.28. The van der Waals surface area contributed by atoms with Crippen molar-refractivity contribution in [3.8, 4) is 11.4 Å². The lowest BCUT2D eigenvalue weighted by molar-refractivity contribution is 0.0551.